The number of alkyl halides is 3. The fourth-order valence-electron chi connectivity index (χ4n) is 2.04. The first kappa shape index (κ1) is 15.4. The highest BCUT2D eigenvalue weighted by atomic mass is 19.4. The van der Waals surface area contributed by atoms with E-state index in [1.54, 1.807) is 0 Å². The van der Waals surface area contributed by atoms with Gasteiger partial charge in [-0.25, -0.2) is 4.39 Å². The summed E-state index contributed by atoms with van der Waals surface area (Å²) in [6.45, 7) is 4.27. The largest absolute Gasteiger partial charge is 0.419 e. The van der Waals surface area contributed by atoms with Crippen LogP contribution in [-0.2, 0) is 12.7 Å². The van der Waals surface area contributed by atoms with E-state index < -0.39 is 17.6 Å². The Labute approximate surface area is 120 Å². The van der Waals surface area contributed by atoms with E-state index in [0.717, 1.165) is 28.8 Å². The summed E-state index contributed by atoms with van der Waals surface area (Å²) in [4.78, 5) is 0. The average Bonchev–Trinajstić information content (AvgIpc) is 2.40. The molecule has 2 aromatic carbocycles. The summed E-state index contributed by atoms with van der Waals surface area (Å²) < 4.78 is 51.1. The van der Waals surface area contributed by atoms with Gasteiger partial charge in [0.1, 0.15) is 5.82 Å². The van der Waals surface area contributed by atoms with Crippen molar-refractivity contribution < 1.29 is 17.6 Å². The van der Waals surface area contributed by atoms with Crippen LogP contribution in [0.5, 0.6) is 0 Å². The molecule has 1 nitrogen and oxygen atoms in total. The van der Waals surface area contributed by atoms with Crippen LogP contribution in [0, 0.1) is 19.7 Å². The molecule has 0 aromatic heterocycles. The van der Waals surface area contributed by atoms with Crippen molar-refractivity contribution >= 4 is 5.69 Å². The van der Waals surface area contributed by atoms with Crippen LogP contribution in [0.15, 0.2) is 36.4 Å². The second kappa shape index (κ2) is 5.76. The van der Waals surface area contributed by atoms with Gasteiger partial charge in [-0.2, -0.15) is 13.2 Å². The highest BCUT2D eigenvalue weighted by molar-refractivity contribution is 5.48. The Bertz CT molecular complexity index is 647. The van der Waals surface area contributed by atoms with Crippen LogP contribution in [0.1, 0.15) is 22.3 Å². The number of aryl methyl sites for hydroxylation is 2. The fraction of sp³-hybridized carbons (Fsp3) is 0.250. The van der Waals surface area contributed by atoms with Crippen LogP contribution in [-0.4, -0.2) is 0 Å². The predicted molar refractivity (Wildman–Crippen MR) is 74.6 cm³/mol. The van der Waals surface area contributed by atoms with Crippen LogP contribution >= 0.6 is 0 Å². The lowest BCUT2D eigenvalue weighted by atomic mass is 10.1. The molecule has 0 unspecified atom stereocenters. The minimum absolute atomic E-state index is 0.240. The standard InChI is InChI=1S/C16H15F4N/c1-10-3-4-11(2)12(7-10)9-21-13-5-6-15(17)14(8-13)16(18,19)20/h3-8,21H,9H2,1-2H3. The topological polar surface area (TPSA) is 12.0 Å². The van der Waals surface area contributed by atoms with Crippen molar-refractivity contribution in [3.05, 3.63) is 64.5 Å². The molecule has 0 bridgehead atoms. The zero-order valence-electron chi connectivity index (χ0n) is 11.7. The number of rotatable bonds is 3. The lowest BCUT2D eigenvalue weighted by Gasteiger charge is -2.13. The van der Waals surface area contributed by atoms with Gasteiger partial charge in [0.15, 0.2) is 0 Å². The summed E-state index contributed by atoms with van der Waals surface area (Å²) in [5.74, 6) is -1.26. The summed E-state index contributed by atoms with van der Waals surface area (Å²) in [6, 6.07) is 8.82. The molecule has 21 heavy (non-hydrogen) atoms. The van der Waals surface area contributed by atoms with Crippen LogP contribution in [0.2, 0.25) is 0 Å². The van der Waals surface area contributed by atoms with Gasteiger partial charge >= 0.3 is 6.18 Å². The lowest BCUT2D eigenvalue weighted by molar-refractivity contribution is -0.139. The van der Waals surface area contributed by atoms with Crippen molar-refractivity contribution in [2.24, 2.45) is 0 Å². The van der Waals surface area contributed by atoms with Crippen molar-refractivity contribution in [1.82, 2.24) is 0 Å². The Hall–Kier alpha value is -2.04. The zero-order valence-corrected chi connectivity index (χ0v) is 11.7. The third-order valence-electron chi connectivity index (χ3n) is 3.26. The molecule has 0 amide bonds. The molecule has 0 atom stereocenters. The van der Waals surface area contributed by atoms with E-state index >= 15 is 0 Å². The van der Waals surface area contributed by atoms with Gasteiger partial charge in [0.25, 0.3) is 0 Å². The zero-order chi connectivity index (χ0) is 15.6. The number of hydrogen-bond donors (Lipinski definition) is 1. The number of anilines is 1. The normalized spacial score (nSPS) is 11.5. The second-order valence-electron chi connectivity index (χ2n) is 4.98. The quantitative estimate of drug-likeness (QED) is 0.780. The first-order valence-electron chi connectivity index (χ1n) is 6.44. The molecule has 5 heteroatoms. The molecule has 0 aliphatic carbocycles. The van der Waals surface area contributed by atoms with E-state index in [9.17, 15) is 17.6 Å². The van der Waals surface area contributed by atoms with Gasteiger partial charge in [-0.3, -0.25) is 0 Å². The molecule has 0 aliphatic heterocycles. The van der Waals surface area contributed by atoms with Gasteiger partial charge in [-0.05, 0) is 43.2 Å². The third kappa shape index (κ3) is 3.74. The Morgan fingerprint density at radius 2 is 1.71 bits per heavy atom. The summed E-state index contributed by atoms with van der Waals surface area (Å²) in [7, 11) is 0. The van der Waals surface area contributed by atoms with E-state index in [1.807, 2.05) is 32.0 Å². The Morgan fingerprint density at radius 1 is 1.00 bits per heavy atom. The van der Waals surface area contributed by atoms with Gasteiger partial charge in [0, 0.05) is 12.2 Å². The monoisotopic (exact) mass is 297 g/mol. The van der Waals surface area contributed by atoms with Crippen LogP contribution in [0.3, 0.4) is 0 Å². The number of halogens is 4. The SMILES string of the molecule is Cc1ccc(C)c(CNc2ccc(F)c(C(F)(F)F)c2)c1. The molecular weight excluding hydrogens is 282 g/mol. The Balaban J connectivity index is 2.19. The van der Waals surface area contributed by atoms with Crippen molar-refractivity contribution in [2.75, 3.05) is 5.32 Å². The average molecular weight is 297 g/mol. The number of benzene rings is 2. The van der Waals surface area contributed by atoms with Crippen molar-refractivity contribution in [1.29, 1.82) is 0 Å². The molecule has 1 N–H and O–H groups in total. The maximum Gasteiger partial charge on any atom is 0.419 e. The van der Waals surface area contributed by atoms with Crippen molar-refractivity contribution in [3.8, 4) is 0 Å². The van der Waals surface area contributed by atoms with E-state index in [-0.39, 0.29) is 5.69 Å². The number of hydrogen-bond acceptors (Lipinski definition) is 1. The van der Waals surface area contributed by atoms with Gasteiger partial charge < -0.3 is 5.32 Å². The van der Waals surface area contributed by atoms with Crippen LogP contribution < -0.4 is 5.32 Å². The van der Waals surface area contributed by atoms with Crippen LogP contribution in [0.4, 0.5) is 23.2 Å². The Kier molecular flexibility index (Phi) is 4.21. The summed E-state index contributed by atoms with van der Waals surface area (Å²) in [5.41, 5.74) is 2.10. The van der Waals surface area contributed by atoms with Gasteiger partial charge in [-0.1, -0.05) is 23.8 Å². The molecular formula is C16H15F4N. The molecule has 0 radical (unpaired) electrons. The van der Waals surface area contributed by atoms with Gasteiger partial charge in [-0.15, -0.1) is 0 Å². The van der Waals surface area contributed by atoms with E-state index in [1.165, 1.54) is 6.07 Å². The molecule has 0 spiro atoms. The minimum Gasteiger partial charge on any atom is -0.381 e. The van der Waals surface area contributed by atoms with E-state index in [0.29, 0.717) is 6.54 Å². The van der Waals surface area contributed by atoms with Crippen molar-refractivity contribution in [2.45, 2.75) is 26.6 Å². The van der Waals surface area contributed by atoms with Crippen LogP contribution in [0.25, 0.3) is 0 Å². The number of nitrogens with one attached hydrogen (secondary N) is 1. The van der Waals surface area contributed by atoms with Crippen molar-refractivity contribution in [3.63, 3.8) is 0 Å². The van der Waals surface area contributed by atoms with E-state index in [4.69, 9.17) is 0 Å². The Morgan fingerprint density at radius 3 is 2.38 bits per heavy atom. The highest BCUT2D eigenvalue weighted by Gasteiger charge is 2.34. The summed E-state index contributed by atoms with van der Waals surface area (Å²) in [6.07, 6.45) is -4.69. The first-order valence-corrected chi connectivity index (χ1v) is 6.44. The third-order valence-corrected chi connectivity index (χ3v) is 3.26. The molecule has 0 heterocycles. The molecule has 0 aliphatic rings. The predicted octanol–water partition coefficient (Wildman–Crippen LogP) is 5.07. The summed E-state index contributed by atoms with van der Waals surface area (Å²) in [5, 5.41) is 2.90. The first-order chi connectivity index (χ1) is 9.77. The molecule has 2 rings (SSSR count). The second-order valence-corrected chi connectivity index (χ2v) is 4.98. The highest BCUT2D eigenvalue weighted by Crippen LogP contribution is 2.33. The molecule has 2 aromatic rings. The molecule has 0 fully saturated rings. The smallest absolute Gasteiger partial charge is 0.381 e. The minimum atomic E-state index is -4.69. The van der Waals surface area contributed by atoms with E-state index in [2.05, 4.69) is 5.32 Å². The molecule has 112 valence electrons. The maximum atomic E-state index is 13.2. The molecule has 0 saturated heterocycles. The molecule has 0 saturated carbocycles. The fourth-order valence-corrected chi connectivity index (χ4v) is 2.04. The van der Waals surface area contributed by atoms with Gasteiger partial charge in [0.2, 0.25) is 0 Å². The van der Waals surface area contributed by atoms with Gasteiger partial charge in [0.05, 0.1) is 5.56 Å². The lowest BCUT2D eigenvalue weighted by Crippen LogP contribution is -2.09. The summed E-state index contributed by atoms with van der Waals surface area (Å²) >= 11 is 0. The maximum absolute atomic E-state index is 13.2.